The third-order valence-electron chi connectivity index (χ3n) is 2.49. The number of hydrogen-bond donors (Lipinski definition) is 2. The summed E-state index contributed by atoms with van der Waals surface area (Å²) < 4.78 is 0. The molecule has 1 heterocycles. The zero-order valence-electron chi connectivity index (χ0n) is 10.2. The van der Waals surface area contributed by atoms with Crippen molar-refractivity contribution < 1.29 is 9.59 Å². The predicted octanol–water partition coefficient (Wildman–Crippen LogP) is 1.02. The molecule has 0 bridgehead atoms. The van der Waals surface area contributed by atoms with Crippen LogP contribution < -0.4 is 10.6 Å². The minimum absolute atomic E-state index is 0.302. The highest BCUT2D eigenvalue weighted by molar-refractivity contribution is 7.09. The lowest BCUT2D eigenvalue weighted by molar-refractivity contribution is -0.124. The Kier molecular flexibility index (Phi) is 5.11. The number of thiophene rings is 1. The second-order valence-electron chi connectivity index (χ2n) is 3.74. The molecular formula is C11H17N3O2S. The number of nitrogens with one attached hydrogen (secondary N) is 2. The van der Waals surface area contributed by atoms with Crippen LogP contribution in [-0.2, 0) is 11.3 Å². The van der Waals surface area contributed by atoms with Crippen molar-refractivity contribution in [3.8, 4) is 0 Å². The number of imide groups is 1. The fourth-order valence-corrected chi connectivity index (χ4v) is 2.03. The van der Waals surface area contributed by atoms with Gasteiger partial charge in [0.2, 0.25) is 5.91 Å². The van der Waals surface area contributed by atoms with Crippen LogP contribution in [0.2, 0.25) is 0 Å². The number of rotatable bonds is 4. The van der Waals surface area contributed by atoms with Crippen LogP contribution in [0.15, 0.2) is 17.5 Å². The summed E-state index contributed by atoms with van der Waals surface area (Å²) in [7, 11) is 3.33. The molecular weight excluding hydrogens is 238 g/mol. The molecule has 2 N–H and O–H groups in total. The number of hydrogen-bond acceptors (Lipinski definition) is 4. The van der Waals surface area contributed by atoms with Crippen molar-refractivity contribution in [1.82, 2.24) is 15.5 Å². The lowest BCUT2D eigenvalue weighted by atomic mass is 10.2. The van der Waals surface area contributed by atoms with Crippen LogP contribution in [0.5, 0.6) is 0 Å². The summed E-state index contributed by atoms with van der Waals surface area (Å²) in [5.74, 6) is -0.302. The molecule has 0 fully saturated rings. The first kappa shape index (κ1) is 13.7. The molecule has 94 valence electrons. The first-order valence-electron chi connectivity index (χ1n) is 5.29. The van der Waals surface area contributed by atoms with Crippen LogP contribution in [0.25, 0.3) is 0 Å². The Balaban J connectivity index is 2.48. The van der Waals surface area contributed by atoms with E-state index in [9.17, 15) is 9.59 Å². The van der Waals surface area contributed by atoms with Gasteiger partial charge in [-0.25, -0.2) is 4.79 Å². The Morgan fingerprint density at radius 2 is 2.24 bits per heavy atom. The summed E-state index contributed by atoms with van der Waals surface area (Å²) in [6.45, 7) is 2.46. The van der Waals surface area contributed by atoms with Crippen molar-refractivity contribution in [2.75, 3.05) is 14.1 Å². The lowest BCUT2D eigenvalue weighted by Gasteiger charge is -2.22. The number of urea groups is 1. The summed E-state index contributed by atoms with van der Waals surface area (Å²) in [5.41, 5.74) is 0. The molecule has 0 saturated heterocycles. The van der Waals surface area contributed by atoms with Crippen molar-refractivity contribution in [3.63, 3.8) is 0 Å². The van der Waals surface area contributed by atoms with Crippen LogP contribution in [0.3, 0.4) is 0 Å². The molecule has 6 heteroatoms. The molecule has 1 aromatic rings. The van der Waals surface area contributed by atoms with Gasteiger partial charge in [-0.05, 0) is 25.4 Å². The lowest BCUT2D eigenvalue weighted by Crippen LogP contribution is -2.47. The molecule has 0 aromatic carbocycles. The molecule has 0 unspecified atom stereocenters. The molecule has 0 aliphatic carbocycles. The van der Waals surface area contributed by atoms with E-state index < -0.39 is 6.03 Å². The second-order valence-corrected chi connectivity index (χ2v) is 4.77. The van der Waals surface area contributed by atoms with Crippen LogP contribution in [0, 0.1) is 0 Å². The van der Waals surface area contributed by atoms with E-state index in [0.717, 1.165) is 0 Å². The second kappa shape index (κ2) is 6.36. The van der Waals surface area contributed by atoms with E-state index in [1.807, 2.05) is 29.5 Å². The minimum atomic E-state index is -0.480. The van der Waals surface area contributed by atoms with E-state index in [1.165, 1.54) is 11.9 Å². The van der Waals surface area contributed by atoms with Gasteiger partial charge in [0.25, 0.3) is 0 Å². The van der Waals surface area contributed by atoms with Gasteiger partial charge in [-0.1, -0.05) is 6.07 Å². The third-order valence-corrected chi connectivity index (χ3v) is 3.35. The van der Waals surface area contributed by atoms with Gasteiger partial charge in [0.05, 0.1) is 6.04 Å². The summed E-state index contributed by atoms with van der Waals surface area (Å²) in [6.07, 6.45) is 0. The topological polar surface area (TPSA) is 61.4 Å². The summed E-state index contributed by atoms with van der Waals surface area (Å²) >= 11 is 1.65. The SMILES string of the molecule is CNC(=O)NC(=O)[C@@H](C)N(C)Cc1cccs1. The van der Waals surface area contributed by atoms with Crippen molar-refractivity contribution in [2.45, 2.75) is 19.5 Å². The van der Waals surface area contributed by atoms with Crippen molar-refractivity contribution in [2.24, 2.45) is 0 Å². The van der Waals surface area contributed by atoms with Crippen LogP contribution >= 0.6 is 11.3 Å². The highest BCUT2D eigenvalue weighted by atomic mass is 32.1. The van der Waals surface area contributed by atoms with Gasteiger partial charge >= 0.3 is 6.03 Å². The Morgan fingerprint density at radius 3 is 2.76 bits per heavy atom. The van der Waals surface area contributed by atoms with Gasteiger partial charge in [0.15, 0.2) is 0 Å². The molecule has 0 saturated carbocycles. The van der Waals surface area contributed by atoms with Gasteiger partial charge < -0.3 is 5.32 Å². The van der Waals surface area contributed by atoms with Gasteiger partial charge in [-0.3, -0.25) is 15.0 Å². The average molecular weight is 255 g/mol. The first-order chi connectivity index (χ1) is 8.04. The van der Waals surface area contributed by atoms with Gasteiger partial charge in [0.1, 0.15) is 0 Å². The molecule has 0 radical (unpaired) electrons. The van der Waals surface area contributed by atoms with Gasteiger partial charge in [0, 0.05) is 18.5 Å². The monoisotopic (exact) mass is 255 g/mol. The highest BCUT2D eigenvalue weighted by Gasteiger charge is 2.19. The molecule has 17 heavy (non-hydrogen) atoms. The molecule has 5 nitrogen and oxygen atoms in total. The van der Waals surface area contributed by atoms with Crippen molar-refractivity contribution in [1.29, 1.82) is 0 Å². The quantitative estimate of drug-likeness (QED) is 0.844. The van der Waals surface area contributed by atoms with E-state index in [4.69, 9.17) is 0 Å². The summed E-state index contributed by atoms with van der Waals surface area (Å²) in [4.78, 5) is 25.8. The van der Waals surface area contributed by atoms with E-state index in [-0.39, 0.29) is 11.9 Å². The molecule has 0 aliphatic rings. The van der Waals surface area contributed by atoms with Crippen molar-refractivity contribution >= 4 is 23.3 Å². The maximum absolute atomic E-state index is 11.7. The molecule has 1 aromatic heterocycles. The molecule has 0 spiro atoms. The number of likely N-dealkylation sites (N-methyl/N-ethyl adjacent to an activating group) is 1. The summed E-state index contributed by atoms with van der Waals surface area (Å²) in [6, 6.07) is 3.16. The maximum atomic E-state index is 11.7. The van der Waals surface area contributed by atoms with Crippen LogP contribution in [0.1, 0.15) is 11.8 Å². The predicted molar refractivity (Wildman–Crippen MR) is 67.8 cm³/mol. The molecule has 1 rings (SSSR count). The average Bonchev–Trinajstić information content (AvgIpc) is 2.80. The van der Waals surface area contributed by atoms with E-state index in [0.29, 0.717) is 6.54 Å². The normalized spacial score (nSPS) is 12.2. The Bertz CT molecular complexity index is 378. The Morgan fingerprint density at radius 1 is 1.53 bits per heavy atom. The zero-order valence-corrected chi connectivity index (χ0v) is 11.0. The minimum Gasteiger partial charge on any atom is -0.341 e. The maximum Gasteiger partial charge on any atom is 0.321 e. The van der Waals surface area contributed by atoms with Crippen LogP contribution in [0.4, 0.5) is 4.79 Å². The fourth-order valence-electron chi connectivity index (χ4n) is 1.26. The van der Waals surface area contributed by atoms with Crippen LogP contribution in [-0.4, -0.2) is 37.0 Å². The van der Waals surface area contributed by atoms with Crippen molar-refractivity contribution in [3.05, 3.63) is 22.4 Å². The third kappa shape index (κ3) is 4.16. The molecule has 0 aliphatic heterocycles. The smallest absolute Gasteiger partial charge is 0.321 e. The first-order valence-corrected chi connectivity index (χ1v) is 6.17. The number of nitrogens with zero attached hydrogens (tertiary/aromatic N) is 1. The van der Waals surface area contributed by atoms with Gasteiger partial charge in [-0.15, -0.1) is 11.3 Å². The Labute approximate surface area is 105 Å². The Hall–Kier alpha value is -1.40. The largest absolute Gasteiger partial charge is 0.341 e. The molecule has 1 atom stereocenters. The number of amides is 3. The fraction of sp³-hybridized carbons (Fsp3) is 0.455. The molecule has 3 amide bonds. The summed E-state index contributed by atoms with van der Waals surface area (Å²) in [5, 5.41) is 6.61. The highest BCUT2D eigenvalue weighted by Crippen LogP contribution is 2.12. The van der Waals surface area contributed by atoms with E-state index in [1.54, 1.807) is 18.3 Å². The standard InChI is InChI=1S/C11H17N3O2S/c1-8(10(15)13-11(16)12-2)14(3)7-9-5-4-6-17-9/h4-6,8H,7H2,1-3H3,(H2,12,13,15,16)/t8-/m1/s1. The number of carbonyl (C=O) groups excluding carboxylic acids is 2. The number of carbonyl (C=O) groups is 2. The zero-order chi connectivity index (χ0) is 12.8. The van der Waals surface area contributed by atoms with E-state index in [2.05, 4.69) is 10.6 Å². The van der Waals surface area contributed by atoms with E-state index >= 15 is 0 Å². The van der Waals surface area contributed by atoms with Gasteiger partial charge in [-0.2, -0.15) is 0 Å².